The van der Waals surface area contributed by atoms with E-state index in [0.29, 0.717) is 12.8 Å². The molecule has 0 unspecified atom stereocenters. The molecule has 0 aliphatic heterocycles. The molecule has 0 aromatic rings. The third-order valence-corrected chi connectivity index (χ3v) is 7.03. The topological polar surface area (TPSA) is 72.8 Å². The number of unbranched alkanes of at least 4 members (excludes halogenated alkanes) is 10. The molecule has 0 fully saturated rings. The first kappa shape index (κ1) is 41.3. The summed E-state index contributed by atoms with van der Waals surface area (Å²) < 4.78 is 10.5. The van der Waals surface area contributed by atoms with Gasteiger partial charge in [0.15, 0.2) is 6.10 Å². The quantitative estimate of drug-likeness (QED) is 0.0496. The molecule has 0 radical (unpaired) electrons. The number of aliphatic hydroxyl groups is 1. The third-order valence-electron chi connectivity index (χ3n) is 7.03. The summed E-state index contributed by atoms with van der Waals surface area (Å²) in [7, 11) is 0. The highest BCUT2D eigenvalue weighted by atomic mass is 16.6. The molecule has 1 N–H and O–H groups in total. The minimum absolute atomic E-state index is 0.108. The Morgan fingerprint density at radius 3 is 1.43 bits per heavy atom. The summed E-state index contributed by atoms with van der Waals surface area (Å²) in [6, 6.07) is 0. The van der Waals surface area contributed by atoms with Crippen LogP contribution in [0.4, 0.5) is 0 Å². The number of carbonyl (C=O) groups excluding carboxylic acids is 2. The van der Waals surface area contributed by atoms with E-state index in [1.165, 1.54) is 51.4 Å². The molecule has 0 amide bonds. The van der Waals surface area contributed by atoms with Crippen LogP contribution in [0.1, 0.15) is 142 Å². The van der Waals surface area contributed by atoms with E-state index >= 15 is 0 Å². The summed E-state index contributed by atoms with van der Waals surface area (Å²) >= 11 is 0. The molecule has 0 aromatic carbocycles. The molecule has 250 valence electrons. The van der Waals surface area contributed by atoms with Crippen LogP contribution in [0.15, 0.2) is 72.9 Å². The van der Waals surface area contributed by atoms with Gasteiger partial charge in [0, 0.05) is 12.8 Å². The van der Waals surface area contributed by atoms with Gasteiger partial charge in [0.25, 0.3) is 0 Å². The van der Waals surface area contributed by atoms with Gasteiger partial charge in [-0.25, -0.2) is 0 Å². The molecule has 0 rings (SSSR count). The Kier molecular flexibility index (Phi) is 32.7. The molecule has 0 spiro atoms. The second kappa shape index (κ2) is 34.8. The van der Waals surface area contributed by atoms with Crippen molar-refractivity contribution in [1.29, 1.82) is 0 Å². The van der Waals surface area contributed by atoms with Crippen LogP contribution in [0.5, 0.6) is 0 Å². The highest BCUT2D eigenvalue weighted by Gasteiger charge is 2.15. The van der Waals surface area contributed by atoms with Crippen molar-refractivity contribution < 1.29 is 24.2 Å². The van der Waals surface area contributed by atoms with E-state index in [2.05, 4.69) is 74.6 Å². The zero-order valence-corrected chi connectivity index (χ0v) is 28.1. The second-order valence-corrected chi connectivity index (χ2v) is 11.2. The summed E-state index contributed by atoms with van der Waals surface area (Å²) in [6.45, 7) is 3.92. The zero-order chi connectivity index (χ0) is 32.2. The van der Waals surface area contributed by atoms with Crippen LogP contribution in [0.25, 0.3) is 0 Å². The van der Waals surface area contributed by atoms with E-state index in [9.17, 15) is 14.7 Å². The normalized spacial score (nSPS) is 13.1. The van der Waals surface area contributed by atoms with Gasteiger partial charge in [0.05, 0.1) is 6.61 Å². The van der Waals surface area contributed by atoms with Crippen molar-refractivity contribution >= 4 is 11.9 Å². The zero-order valence-electron chi connectivity index (χ0n) is 28.1. The molecule has 0 aliphatic rings. The summed E-state index contributed by atoms with van der Waals surface area (Å²) in [4.78, 5) is 24.1. The largest absolute Gasteiger partial charge is 0.462 e. The van der Waals surface area contributed by atoms with Crippen molar-refractivity contribution in [2.24, 2.45) is 0 Å². The van der Waals surface area contributed by atoms with Crippen LogP contribution in [-0.4, -0.2) is 36.4 Å². The first-order valence-electron chi connectivity index (χ1n) is 17.5. The maximum Gasteiger partial charge on any atom is 0.306 e. The molecular weight excluding hydrogens is 548 g/mol. The predicted octanol–water partition coefficient (Wildman–Crippen LogP) is 10.6. The van der Waals surface area contributed by atoms with Crippen molar-refractivity contribution in [3.8, 4) is 0 Å². The number of carbonyl (C=O) groups is 2. The number of aliphatic hydroxyl groups excluding tert-OH is 1. The minimum Gasteiger partial charge on any atom is -0.462 e. The summed E-state index contributed by atoms with van der Waals surface area (Å²) in [5, 5.41) is 9.50. The molecule has 0 saturated carbocycles. The van der Waals surface area contributed by atoms with Crippen LogP contribution >= 0.6 is 0 Å². The smallest absolute Gasteiger partial charge is 0.306 e. The standard InChI is InChI=1S/C39H64O5/c1-3-5-7-9-11-13-15-16-17-18-19-20-21-22-24-25-27-29-31-33-38(41)43-36-37(35-40)44-39(42)34-32-30-28-26-23-14-12-10-8-6-4-2/h5,7,11,13,16-17,19-20,22,24,27,29,37,40H,3-4,6,8-10,12,14-15,18,21,23,25-26,28,30-36H2,1-2H3/t37-/m0/s1. The number of hydrogen-bond acceptors (Lipinski definition) is 5. The molecule has 0 bridgehead atoms. The maximum atomic E-state index is 12.1. The van der Waals surface area contributed by atoms with Crippen LogP contribution in [0, 0.1) is 0 Å². The lowest BCUT2D eigenvalue weighted by molar-refractivity contribution is -0.161. The summed E-state index contributed by atoms with van der Waals surface area (Å²) in [6.07, 6.45) is 45.4. The average molecular weight is 613 g/mol. The molecule has 0 heterocycles. The Labute approximate surface area is 270 Å². The van der Waals surface area contributed by atoms with Crippen molar-refractivity contribution in [2.75, 3.05) is 13.2 Å². The molecule has 1 atom stereocenters. The van der Waals surface area contributed by atoms with Gasteiger partial charge in [-0.2, -0.15) is 0 Å². The Morgan fingerprint density at radius 2 is 0.977 bits per heavy atom. The maximum absolute atomic E-state index is 12.1. The first-order valence-corrected chi connectivity index (χ1v) is 17.5. The predicted molar refractivity (Wildman–Crippen MR) is 186 cm³/mol. The lowest BCUT2D eigenvalue weighted by atomic mass is 10.1. The van der Waals surface area contributed by atoms with Gasteiger partial charge >= 0.3 is 11.9 Å². The van der Waals surface area contributed by atoms with Crippen LogP contribution in [-0.2, 0) is 19.1 Å². The van der Waals surface area contributed by atoms with E-state index < -0.39 is 6.10 Å². The van der Waals surface area contributed by atoms with Gasteiger partial charge < -0.3 is 14.6 Å². The monoisotopic (exact) mass is 612 g/mol. The van der Waals surface area contributed by atoms with Gasteiger partial charge in [-0.1, -0.05) is 151 Å². The highest BCUT2D eigenvalue weighted by Crippen LogP contribution is 2.12. The van der Waals surface area contributed by atoms with E-state index in [4.69, 9.17) is 9.47 Å². The minimum atomic E-state index is -0.801. The van der Waals surface area contributed by atoms with Crippen molar-refractivity contribution in [2.45, 2.75) is 148 Å². The van der Waals surface area contributed by atoms with E-state index in [-0.39, 0.29) is 31.6 Å². The van der Waals surface area contributed by atoms with Gasteiger partial charge in [0.2, 0.25) is 0 Å². The molecule has 0 saturated heterocycles. The molecular formula is C39H64O5. The van der Waals surface area contributed by atoms with Gasteiger partial charge in [-0.15, -0.1) is 0 Å². The number of allylic oxidation sites excluding steroid dienone is 12. The SMILES string of the molecule is CCC=CCC=CCC=CCC=CCC=CCC=CCCC(=O)OC[C@H](CO)OC(=O)CCCCCCCCCCCCC. The molecule has 44 heavy (non-hydrogen) atoms. The Balaban J connectivity index is 3.75. The number of rotatable bonds is 30. The summed E-state index contributed by atoms with van der Waals surface area (Å²) in [5.74, 6) is -0.696. The lowest BCUT2D eigenvalue weighted by Crippen LogP contribution is -2.28. The van der Waals surface area contributed by atoms with Crippen LogP contribution in [0.3, 0.4) is 0 Å². The van der Waals surface area contributed by atoms with Crippen LogP contribution in [0.2, 0.25) is 0 Å². The van der Waals surface area contributed by atoms with Crippen molar-refractivity contribution in [3.63, 3.8) is 0 Å². The Hall–Kier alpha value is -2.66. The Bertz CT molecular complexity index is 833. The van der Waals surface area contributed by atoms with Gasteiger partial charge in [-0.3, -0.25) is 9.59 Å². The Morgan fingerprint density at radius 1 is 0.545 bits per heavy atom. The first-order chi connectivity index (χ1) is 21.6. The molecule has 0 aliphatic carbocycles. The molecule has 0 aromatic heterocycles. The van der Waals surface area contributed by atoms with E-state index in [0.717, 1.165) is 57.8 Å². The van der Waals surface area contributed by atoms with E-state index in [1.54, 1.807) is 0 Å². The van der Waals surface area contributed by atoms with Crippen LogP contribution < -0.4 is 0 Å². The van der Waals surface area contributed by atoms with Gasteiger partial charge in [0.1, 0.15) is 6.61 Å². The third kappa shape index (κ3) is 32.3. The average Bonchev–Trinajstić information content (AvgIpc) is 3.02. The molecule has 5 heteroatoms. The highest BCUT2D eigenvalue weighted by molar-refractivity contribution is 5.70. The molecule has 5 nitrogen and oxygen atoms in total. The number of ether oxygens (including phenoxy) is 2. The van der Waals surface area contributed by atoms with Crippen molar-refractivity contribution in [3.05, 3.63) is 72.9 Å². The fourth-order valence-electron chi connectivity index (χ4n) is 4.40. The number of hydrogen-bond donors (Lipinski definition) is 1. The summed E-state index contributed by atoms with van der Waals surface area (Å²) in [5.41, 5.74) is 0. The lowest BCUT2D eigenvalue weighted by Gasteiger charge is -2.15. The fourth-order valence-corrected chi connectivity index (χ4v) is 4.40. The second-order valence-electron chi connectivity index (χ2n) is 11.2. The van der Waals surface area contributed by atoms with Gasteiger partial charge in [-0.05, 0) is 51.4 Å². The van der Waals surface area contributed by atoms with Crippen molar-refractivity contribution in [1.82, 2.24) is 0 Å². The van der Waals surface area contributed by atoms with E-state index in [1.807, 2.05) is 12.2 Å². The fraction of sp³-hybridized carbons (Fsp3) is 0.641. The number of esters is 2.